The largest absolute Gasteiger partial charge is 0.351 e. The van der Waals surface area contributed by atoms with E-state index in [9.17, 15) is 9.59 Å². The Balaban J connectivity index is 1.62. The molecule has 0 spiro atoms. The van der Waals surface area contributed by atoms with Crippen LogP contribution in [0.3, 0.4) is 0 Å². The molecule has 35 heavy (non-hydrogen) atoms. The molecule has 8 heteroatoms. The highest BCUT2D eigenvalue weighted by Gasteiger charge is 2.14. The van der Waals surface area contributed by atoms with E-state index in [4.69, 9.17) is 5.73 Å². The summed E-state index contributed by atoms with van der Waals surface area (Å²) in [5.41, 5.74) is 9.20. The fraction of sp³-hybridized carbons (Fsp3) is 0.333. The van der Waals surface area contributed by atoms with Gasteiger partial charge < -0.3 is 21.7 Å². The fourth-order valence-electron chi connectivity index (χ4n) is 3.63. The van der Waals surface area contributed by atoms with Gasteiger partial charge in [0.1, 0.15) is 18.0 Å². The molecule has 0 saturated heterocycles. The van der Waals surface area contributed by atoms with Crippen LogP contribution in [0.15, 0.2) is 60.9 Å². The summed E-state index contributed by atoms with van der Waals surface area (Å²) >= 11 is 0. The molecule has 1 amide bonds. The highest BCUT2D eigenvalue weighted by atomic mass is 16.2. The highest BCUT2D eigenvalue weighted by molar-refractivity contribution is 5.97. The normalized spacial score (nSPS) is 11.7. The minimum atomic E-state index is -0.506. The van der Waals surface area contributed by atoms with Crippen LogP contribution in [-0.4, -0.2) is 27.7 Å². The average Bonchev–Trinajstić information content (AvgIpc) is 2.83. The van der Waals surface area contributed by atoms with Gasteiger partial charge >= 0.3 is 0 Å². The number of carbonyl (C=O) groups excluding carboxylic acids is 2. The number of ketones is 1. The first kappa shape index (κ1) is 25.8. The van der Waals surface area contributed by atoms with Crippen LogP contribution in [0, 0.1) is 5.92 Å². The van der Waals surface area contributed by atoms with Gasteiger partial charge in [-0.3, -0.25) is 9.59 Å². The van der Waals surface area contributed by atoms with Crippen molar-refractivity contribution in [2.24, 2.45) is 11.7 Å². The molecule has 8 nitrogen and oxygen atoms in total. The Morgan fingerprint density at radius 3 is 2.26 bits per heavy atom. The molecule has 0 fully saturated rings. The van der Waals surface area contributed by atoms with Gasteiger partial charge in [-0.05, 0) is 48.6 Å². The number of nitrogens with one attached hydrogen (secondary N) is 3. The third-order valence-electron chi connectivity index (χ3n) is 5.33. The smallest absolute Gasteiger partial charge is 0.237 e. The Hall–Kier alpha value is -3.78. The summed E-state index contributed by atoms with van der Waals surface area (Å²) in [6.07, 6.45) is 3.46. The molecule has 3 rings (SSSR count). The second-order valence-electron chi connectivity index (χ2n) is 8.95. The van der Waals surface area contributed by atoms with E-state index < -0.39 is 6.04 Å². The maximum absolute atomic E-state index is 12.2. The van der Waals surface area contributed by atoms with Gasteiger partial charge in [-0.25, -0.2) is 9.97 Å². The molecular formula is C27H34N6O2. The molecule has 1 aromatic heterocycles. The Morgan fingerprint density at radius 1 is 0.943 bits per heavy atom. The predicted molar refractivity (Wildman–Crippen MR) is 140 cm³/mol. The Labute approximate surface area is 206 Å². The maximum Gasteiger partial charge on any atom is 0.237 e. The lowest BCUT2D eigenvalue weighted by Gasteiger charge is -2.14. The Kier molecular flexibility index (Phi) is 9.31. The molecule has 0 bridgehead atoms. The molecule has 3 aromatic rings. The summed E-state index contributed by atoms with van der Waals surface area (Å²) in [6, 6.07) is 16.4. The highest BCUT2D eigenvalue weighted by Crippen LogP contribution is 2.21. The molecule has 2 aromatic carbocycles. The van der Waals surface area contributed by atoms with Crippen molar-refractivity contribution in [2.45, 2.75) is 52.6 Å². The number of carbonyl (C=O) groups is 2. The van der Waals surface area contributed by atoms with Crippen molar-refractivity contribution in [2.75, 3.05) is 10.6 Å². The van der Waals surface area contributed by atoms with Crippen LogP contribution in [0.1, 0.15) is 56.0 Å². The zero-order chi connectivity index (χ0) is 25.2. The standard InChI is InChI=1S/C27H34N6O2/c1-4-7-24(34)20-9-6-11-22(14-20)33-26-15-25(30-17-31-26)32-21-10-5-8-19(13-21)16-29-27(35)23(28)12-18(2)3/h5-6,8-11,13-15,17-18,23H,4,7,12,16,28H2,1-3H3,(H,29,35)(H2,30,31,32,33). The molecular weight excluding hydrogens is 440 g/mol. The van der Waals surface area contributed by atoms with Gasteiger partial charge in [0, 0.05) is 36.0 Å². The average molecular weight is 475 g/mol. The van der Waals surface area contributed by atoms with Crippen LogP contribution >= 0.6 is 0 Å². The van der Waals surface area contributed by atoms with Crippen molar-refractivity contribution >= 4 is 34.7 Å². The lowest BCUT2D eigenvalue weighted by molar-refractivity contribution is -0.122. The number of nitrogens with two attached hydrogens (primary N) is 1. The second kappa shape index (κ2) is 12.6. The van der Waals surface area contributed by atoms with Crippen molar-refractivity contribution in [1.82, 2.24) is 15.3 Å². The molecule has 0 radical (unpaired) electrons. The number of hydrogen-bond donors (Lipinski definition) is 4. The summed E-state index contributed by atoms with van der Waals surface area (Å²) in [5.74, 6) is 1.55. The van der Waals surface area contributed by atoms with E-state index in [1.165, 1.54) is 6.33 Å². The van der Waals surface area contributed by atoms with Crippen molar-refractivity contribution in [3.63, 3.8) is 0 Å². The summed E-state index contributed by atoms with van der Waals surface area (Å²) in [7, 11) is 0. The molecule has 0 aliphatic heterocycles. The van der Waals surface area contributed by atoms with Crippen LogP contribution in [0.2, 0.25) is 0 Å². The number of amides is 1. The summed E-state index contributed by atoms with van der Waals surface area (Å²) in [4.78, 5) is 33.0. The number of rotatable bonds is 12. The van der Waals surface area contributed by atoms with Gasteiger partial charge in [0.2, 0.25) is 5.91 Å². The maximum atomic E-state index is 12.2. The summed E-state index contributed by atoms with van der Waals surface area (Å²) in [6.45, 7) is 6.47. The first-order chi connectivity index (χ1) is 16.8. The van der Waals surface area contributed by atoms with Gasteiger partial charge in [0.05, 0.1) is 6.04 Å². The lowest BCUT2D eigenvalue weighted by Crippen LogP contribution is -2.41. The number of benzene rings is 2. The minimum absolute atomic E-state index is 0.124. The number of hydrogen-bond acceptors (Lipinski definition) is 7. The quantitative estimate of drug-likeness (QED) is 0.274. The first-order valence-corrected chi connectivity index (χ1v) is 12.0. The third-order valence-corrected chi connectivity index (χ3v) is 5.33. The number of anilines is 4. The van der Waals surface area contributed by atoms with Crippen LogP contribution in [0.25, 0.3) is 0 Å². The molecule has 0 saturated carbocycles. The first-order valence-electron chi connectivity index (χ1n) is 12.0. The second-order valence-corrected chi connectivity index (χ2v) is 8.95. The minimum Gasteiger partial charge on any atom is -0.351 e. The molecule has 0 aliphatic rings. The van der Waals surface area contributed by atoms with Crippen molar-refractivity contribution in [3.8, 4) is 0 Å². The number of Topliss-reactive ketones (excluding diaryl/α,β-unsaturated/α-hetero) is 1. The van der Waals surface area contributed by atoms with E-state index in [1.807, 2.05) is 69.3 Å². The van der Waals surface area contributed by atoms with Crippen molar-refractivity contribution < 1.29 is 9.59 Å². The van der Waals surface area contributed by atoms with Crippen LogP contribution in [-0.2, 0) is 11.3 Å². The van der Waals surface area contributed by atoms with Crippen molar-refractivity contribution in [1.29, 1.82) is 0 Å². The SMILES string of the molecule is CCCC(=O)c1cccc(Nc2cc(Nc3cccc(CNC(=O)C(N)CC(C)C)c3)ncn2)c1. The fourth-order valence-corrected chi connectivity index (χ4v) is 3.63. The van der Waals surface area contributed by atoms with Gasteiger partial charge in [-0.1, -0.05) is 45.0 Å². The van der Waals surface area contributed by atoms with E-state index in [2.05, 4.69) is 25.9 Å². The Bertz CT molecular complexity index is 1150. The van der Waals surface area contributed by atoms with E-state index in [0.29, 0.717) is 42.5 Å². The molecule has 184 valence electrons. The van der Waals surface area contributed by atoms with Crippen molar-refractivity contribution in [3.05, 3.63) is 72.1 Å². The summed E-state index contributed by atoms with van der Waals surface area (Å²) < 4.78 is 0. The molecule has 1 atom stereocenters. The van der Waals surface area contributed by atoms with Crippen LogP contribution < -0.4 is 21.7 Å². The van der Waals surface area contributed by atoms with E-state index in [-0.39, 0.29) is 11.7 Å². The molecule has 5 N–H and O–H groups in total. The molecule has 1 unspecified atom stereocenters. The Morgan fingerprint density at radius 2 is 1.60 bits per heavy atom. The zero-order valence-corrected chi connectivity index (χ0v) is 20.5. The van der Waals surface area contributed by atoms with Gasteiger partial charge in [-0.15, -0.1) is 0 Å². The zero-order valence-electron chi connectivity index (χ0n) is 20.5. The molecule has 0 aliphatic carbocycles. The third kappa shape index (κ3) is 8.19. The lowest BCUT2D eigenvalue weighted by atomic mass is 10.0. The number of nitrogens with zero attached hydrogens (tertiary/aromatic N) is 2. The van der Waals surface area contributed by atoms with Crippen LogP contribution in [0.5, 0.6) is 0 Å². The monoisotopic (exact) mass is 474 g/mol. The van der Waals surface area contributed by atoms with Gasteiger partial charge in [0.25, 0.3) is 0 Å². The van der Waals surface area contributed by atoms with Gasteiger partial charge in [-0.2, -0.15) is 0 Å². The van der Waals surface area contributed by atoms with E-state index in [0.717, 1.165) is 23.4 Å². The van der Waals surface area contributed by atoms with E-state index in [1.54, 1.807) is 6.07 Å². The molecule has 1 heterocycles. The summed E-state index contributed by atoms with van der Waals surface area (Å²) in [5, 5.41) is 9.40. The van der Waals surface area contributed by atoms with E-state index >= 15 is 0 Å². The number of aromatic nitrogens is 2. The van der Waals surface area contributed by atoms with Crippen LogP contribution in [0.4, 0.5) is 23.0 Å². The topological polar surface area (TPSA) is 122 Å². The van der Waals surface area contributed by atoms with Gasteiger partial charge in [0.15, 0.2) is 5.78 Å². The predicted octanol–water partition coefficient (Wildman–Crippen LogP) is 4.94.